The van der Waals surface area contributed by atoms with Gasteiger partial charge in [0, 0.05) is 4.47 Å². The number of nitrogens with zero attached hydrogens (tertiary/aromatic N) is 1. The van der Waals surface area contributed by atoms with Gasteiger partial charge in [0.1, 0.15) is 0 Å². The Labute approximate surface area is 116 Å². The summed E-state index contributed by atoms with van der Waals surface area (Å²) >= 11 is 3.28. The van der Waals surface area contributed by atoms with Crippen LogP contribution in [0, 0.1) is 11.3 Å². The first-order chi connectivity index (χ1) is 8.52. The van der Waals surface area contributed by atoms with E-state index in [4.69, 9.17) is 0 Å². The number of hydrogen-bond acceptors (Lipinski definition) is 3. The van der Waals surface area contributed by atoms with E-state index in [1.165, 1.54) is 0 Å². The molecule has 1 fully saturated rings. The fraction of sp³-hybridized carbons (Fsp3) is 0.462. The highest BCUT2D eigenvalue weighted by Gasteiger charge is 2.45. The Morgan fingerprint density at radius 3 is 2.17 bits per heavy atom. The molecule has 0 aliphatic heterocycles. The Kier molecular flexibility index (Phi) is 3.79. The van der Waals surface area contributed by atoms with Crippen molar-refractivity contribution in [3.63, 3.8) is 0 Å². The molecule has 1 aliphatic rings. The van der Waals surface area contributed by atoms with Crippen molar-refractivity contribution in [2.24, 2.45) is 0 Å². The van der Waals surface area contributed by atoms with Gasteiger partial charge in [-0.3, -0.25) is 0 Å². The molecule has 0 N–H and O–H groups in total. The lowest BCUT2D eigenvalue weighted by Gasteiger charge is -2.30. The zero-order valence-corrected chi connectivity index (χ0v) is 12.3. The van der Waals surface area contributed by atoms with Gasteiger partial charge in [0.25, 0.3) is 0 Å². The molecule has 18 heavy (non-hydrogen) atoms. The predicted octanol–water partition coefficient (Wildman–Crippen LogP) is 3.45. The van der Waals surface area contributed by atoms with Crippen molar-refractivity contribution in [3.05, 3.63) is 28.7 Å². The summed E-state index contributed by atoms with van der Waals surface area (Å²) in [6.45, 7) is 0. The number of halogens is 1. The molecule has 0 radical (unpaired) electrons. The minimum atomic E-state index is -3.57. The Hall–Kier alpha value is -0.860. The average Bonchev–Trinajstić information content (AvgIpc) is 2.40. The summed E-state index contributed by atoms with van der Waals surface area (Å²) < 4.78 is 24.8. The third-order valence-corrected chi connectivity index (χ3v) is 6.45. The van der Waals surface area contributed by atoms with Crippen LogP contribution in [0.15, 0.2) is 33.6 Å². The maximum atomic E-state index is 12.6. The minimum Gasteiger partial charge on any atom is -0.222 e. The molecule has 1 aromatic rings. The van der Waals surface area contributed by atoms with Crippen LogP contribution in [0.5, 0.6) is 0 Å². The van der Waals surface area contributed by atoms with E-state index in [-0.39, 0.29) is 4.90 Å². The molecule has 1 aromatic carbocycles. The van der Waals surface area contributed by atoms with Crippen LogP contribution in [-0.2, 0) is 9.84 Å². The molecule has 3 nitrogen and oxygen atoms in total. The van der Waals surface area contributed by atoms with Crippen molar-refractivity contribution in [1.82, 2.24) is 0 Å². The molecule has 1 aliphatic carbocycles. The fourth-order valence-electron chi connectivity index (χ4n) is 2.40. The van der Waals surface area contributed by atoms with Gasteiger partial charge in [0.15, 0.2) is 14.6 Å². The van der Waals surface area contributed by atoms with Gasteiger partial charge < -0.3 is 0 Å². The van der Waals surface area contributed by atoms with Crippen LogP contribution in [0.25, 0.3) is 0 Å². The normalized spacial score (nSPS) is 19.1. The van der Waals surface area contributed by atoms with Gasteiger partial charge in [-0.25, -0.2) is 8.42 Å². The van der Waals surface area contributed by atoms with E-state index in [0.29, 0.717) is 12.8 Å². The van der Waals surface area contributed by atoms with E-state index in [1.807, 2.05) is 0 Å². The van der Waals surface area contributed by atoms with Gasteiger partial charge in [-0.2, -0.15) is 5.26 Å². The van der Waals surface area contributed by atoms with Crippen LogP contribution >= 0.6 is 15.9 Å². The molecule has 0 unspecified atom stereocenters. The topological polar surface area (TPSA) is 57.9 Å². The molecule has 0 amide bonds. The van der Waals surface area contributed by atoms with Crippen LogP contribution in [0.2, 0.25) is 0 Å². The number of rotatable bonds is 2. The lowest BCUT2D eigenvalue weighted by molar-refractivity contribution is 0.430. The minimum absolute atomic E-state index is 0.245. The number of nitriles is 1. The molecule has 1 saturated carbocycles. The summed E-state index contributed by atoms with van der Waals surface area (Å²) in [5.41, 5.74) is 0. The first-order valence-electron chi connectivity index (χ1n) is 5.93. The van der Waals surface area contributed by atoms with Gasteiger partial charge >= 0.3 is 0 Å². The first kappa shape index (κ1) is 13.6. The summed E-state index contributed by atoms with van der Waals surface area (Å²) in [7, 11) is -3.57. The smallest absolute Gasteiger partial charge is 0.197 e. The van der Waals surface area contributed by atoms with Crippen molar-refractivity contribution in [2.75, 3.05) is 0 Å². The van der Waals surface area contributed by atoms with Crippen LogP contribution < -0.4 is 0 Å². The molecule has 0 heterocycles. The number of hydrogen-bond donors (Lipinski definition) is 0. The van der Waals surface area contributed by atoms with Crippen LogP contribution in [0.4, 0.5) is 0 Å². The Morgan fingerprint density at radius 1 is 1.11 bits per heavy atom. The second-order valence-electron chi connectivity index (χ2n) is 4.62. The Balaban J connectivity index is 2.47. The number of sulfone groups is 1. The molecular formula is C13H14BrNO2S. The Morgan fingerprint density at radius 2 is 1.67 bits per heavy atom. The summed E-state index contributed by atoms with van der Waals surface area (Å²) in [5, 5.41) is 9.35. The molecule has 0 aromatic heterocycles. The SMILES string of the molecule is N#CC1(S(=O)(=O)c2ccc(Br)cc2)CCCCC1. The summed E-state index contributed by atoms with van der Waals surface area (Å²) in [4.78, 5) is 0.245. The van der Waals surface area contributed by atoms with Crippen molar-refractivity contribution in [1.29, 1.82) is 5.26 Å². The molecule has 2 rings (SSSR count). The van der Waals surface area contributed by atoms with Crippen LogP contribution in [0.3, 0.4) is 0 Å². The molecular weight excluding hydrogens is 314 g/mol. The van der Waals surface area contributed by atoms with Gasteiger partial charge in [-0.05, 0) is 37.1 Å². The highest BCUT2D eigenvalue weighted by molar-refractivity contribution is 9.10. The molecule has 0 saturated heterocycles. The van der Waals surface area contributed by atoms with Crippen molar-refractivity contribution in [2.45, 2.75) is 41.7 Å². The highest BCUT2D eigenvalue weighted by atomic mass is 79.9. The first-order valence-corrected chi connectivity index (χ1v) is 8.21. The second-order valence-corrected chi connectivity index (χ2v) is 7.80. The standard InChI is InChI=1S/C13H14BrNO2S/c14-11-4-6-12(7-5-11)18(16,17)13(10-15)8-2-1-3-9-13/h4-7H,1-3,8-9H2. The van der Waals surface area contributed by atoms with Gasteiger partial charge in [-0.1, -0.05) is 35.2 Å². The van der Waals surface area contributed by atoms with Crippen molar-refractivity contribution in [3.8, 4) is 6.07 Å². The lowest BCUT2D eigenvalue weighted by atomic mass is 9.89. The quantitative estimate of drug-likeness (QED) is 0.835. The third kappa shape index (κ3) is 2.19. The van der Waals surface area contributed by atoms with E-state index < -0.39 is 14.6 Å². The van der Waals surface area contributed by atoms with Gasteiger partial charge in [0.05, 0.1) is 11.0 Å². The van der Waals surface area contributed by atoms with E-state index in [1.54, 1.807) is 24.3 Å². The molecule has 0 bridgehead atoms. The summed E-state index contributed by atoms with van der Waals surface area (Å²) in [5.74, 6) is 0. The van der Waals surface area contributed by atoms with E-state index in [0.717, 1.165) is 23.7 Å². The van der Waals surface area contributed by atoms with E-state index in [2.05, 4.69) is 22.0 Å². The summed E-state index contributed by atoms with van der Waals surface area (Å²) in [6.07, 6.45) is 3.52. The van der Waals surface area contributed by atoms with Crippen molar-refractivity contribution >= 4 is 25.8 Å². The van der Waals surface area contributed by atoms with Crippen LogP contribution in [-0.4, -0.2) is 13.2 Å². The largest absolute Gasteiger partial charge is 0.222 e. The van der Waals surface area contributed by atoms with Gasteiger partial charge in [-0.15, -0.1) is 0 Å². The zero-order valence-electron chi connectivity index (χ0n) is 9.89. The van der Waals surface area contributed by atoms with E-state index >= 15 is 0 Å². The maximum Gasteiger partial charge on any atom is 0.197 e. The second kappa shape index (κ2) is 5.02. The highest BCUT2D eigenvalue weighted by Crippen LogP contribution is 2.38. The third-order valence-electron chi connectivity index (χ3n) is 3.50. The van der Waals surface area contributed by atoms with Crippen molar-refractivity contribution < 1.29 is 8.42 Å². The van der Waals surface area contributed by atoms with Gasteiger partial charge in [0.2, 0.25) is 0 Å². The monoisotopic (exact) mass is 327 g/mol. The molecule has 5 heteroatoms. The number of benzene rings is 1. The molecule has 96 valence electrons. The fourth-order valence-corrected chi connectivity index (χ4v) is 4.56. The maximum absolute atomic E-state index is 12.6. The zero-order chi connectivity index (χ0) is 13.2. The Bertz CT molecular complexity index is 566. The average molecular weight is 328 g/mol. The molecule has 0 atom stereocenters. The molecule has 0 spiro atoms. The van der Waals surface area contributed by atoms with E-state index in [9.17, 15) is 13.7 Å². The predicted molar refractivity (Wildman–Crippen MR) is 72.8 cm³/mol. The summed E-state index contributed by atoms with van der Waals surface area (Å²) in [6, 6.07) is 8.59. The lowest BCUT2D eigenvalue weighted by Crippen LogP contribution is -2.39. The van der Waals surface area contributed by atoms with Crippen LogP contribution in [0.1, 0.15) is 32.1 Å².